The van der Waals surface area contributed by atoms with Crippen LogP contribution in [0.1, 0.15) is 6.92 Å². The van der Waals surface area contributed by atoms with Gasteiger partial charge in [-0.1, -0.05) is 23.7 Å². The second kappa shape index (κ2) is 6.32. The molecule has 7 heteroatoms. The molecule has 0 fully saturated rings. The van der Waals surface area contributed by atoms with E-state index >= 15 is 0 Å². The van der Waals surface area contributed by atoms with Gasteiger partial charge >= 0.3 is 0 Å². The van der Waals surface area contributed by atoms with E-state index in [2.05, 4.69) is 4.72 Å². The van der Waals surface area contributed by atoms with Gasteiger partial charge in [-0.25, -0.2) is 12.8 Å². The fourth-order valence-electron chi connectivity index (χ4n) is 1.71. The zero-order chi connectivity index (χ0) is 15.5. The predicted molar refractivity (Wildman–Crippen MR) is 79.8 cm³/mol. The van der Waals surface area contributed by atoms with Crippen LogP contribution in [0.25, 0.3) is 0 Å². The second-order valence-corrected chi connectivity index (χ2v) is 6.17. The molecule has 2 aromatic carbocycles. The van der Waals surface area contributed by atoms with Gasteiger partial charge in [0.2, 0.25) is 0 Å². The van der Waals surface area contributed by atoms with Crippen molar-refractivity contribution in [2.75, 3.05) is 11.3 Å². The van der Waals surface area contributed by atoms with Gasteiger partial charge in [0.1, 0.15) is 16.5 Å². The van der Waals surface area contributed by atoms with Gasteiger partial charge in [-0.3, -0.25) is 4.72 Å². The smallest absolute Gasteiger partial charge is 0.264 e. The monoisotopic (exact) mass is 329 g/mol. The van der Waals surface area contributed by atoms with Crippen molar-refractivity contribution >= 4 is 27.3 Å². The number of hydrogen-bond acceptors (Lipinski definition) is 3. The third-order valence-corrected chi connectivity index (χ3v) is 4.32. The van der Waals surface area contributed by atoms with E-state index in [-0.39, 0.29) is 10.7 Å². The third-order valence-electron chi connectivity index (χ3n) is 2.61. The first-order valence-electron chi connectivity index (χ1n) is 6.13. The van der Waals surface area contributed by atoms with Gasteiger partial charge in [0.15, 0.2) is 0 Å². The number of benzene rings is 2. The molecule has 112 valence electrons. The first kappa shape index (κ1) is 15.6. The van der Waals surface area contributed by atoms with E-state index in [4.69, 9.17) is 16.3 Å². The van der Waals surface area contributed by atoms with Crippen molar-refractivity contribution in [3.63, 3.8) is 0 Å². The lowest BCUT2D eigenvalue weighted by atomic mass is 10.3. The van der Waals surface area contributed by atoms with Crippen LogP contribution in [0.2, 0.25) is 5.02 Å². The Bertz CT molecular complexity index is 750. The van der Waals surface area contributed by atoms with Crippen molar-refractivity contribution in [1.82, 2.24) is 0 Å². The van der Waals surface area contributed by atoms with E-state index in [0.717, 1.165) is 6.07 Å². The summed E-state index contributed by atoms with van der Waals surface area (Å²) in [6, 6.07) is 9.59. The Morgan fingerprint density at radius 3 is 2.57 bits per heavy atom. The largest absolute Gasteiger partial charge is 0.492 e. The maximum atomic E-state index is 13.6. The molecule has 0 heterocycles. The Hall–Kier alpha value is -1.79. The second-order valence-electron chi connectivity index (χ2n) is 4.11. The fraction of sp³-hybridized carbons (Fsp3) is 0.143. The van der Waals surface area contributed by atoms with Crippen molar-refractivity contribution in [2.24, 2.45) is 0 Å². The Labute approximate surface area is 127 Å². The minimum atomic E-state index is -4.01. The van der Waals surface area contributed by atoms with Crippen LogP contribution >= 0.6 is 11.6 Å². The van der Waals surface area contributed by atoms with E-state index in [1.807, 2.05) is 6.92 Å². The number of nitrogens with one attached hydrogen (secondary N) is 1. The molecular weight excluding hydrogens is 317 g/mol. The summed E-state index contributed by atoms with van der Waals surface area (Å²) in [6.07, 6.45) is 0. The van der Waals surface area contributed by atoms with Crippen molar-refractivity contribution in [1.29, 1.82) is 0 Å². The molecule has 0 saturated carbocycles. The minimum absolute atomic E-state index is 0.228. The summed E-state index contributed by atoms with van der Waals surface area (Å²) in [6.45, 7) is 2.26. The third kappa shape index (κ3) is 3.65. The highest BCUT2D eigenvalue weighted by Gasteiger charge is 2.18. The van der Waals surface area contributed by atoms with Gasteiger partial charge < -0.3 is 4.74 Å². The van der Waals surface area contributed by atoms with Crippen LogP contribution < -0.4 is 9.46 Å². The molecule has 0 saturated heterocycles. The lowest BCUT2D eigenvalue weighted by Crippen LogP contribution is -2.14. The first-order valence-corrected chi connectivity index (χ1v) is 8.00. The number of hydrogen-bond donors (Lipinski definition) is 1. The average Bonchev–Trinajstić information content (AvgIpc) is 2.42. The van der Waals surface area contributed by atoms with E-state index in [0.29, 0.717) is 12.4 Å². The molecule has 0 spiro atoms. The molecule has 0 radical (unpaired) electrons. The Balaban J connectivity index is 2.29. The molecule has 2 rings (SSSR count). The summed E-state index contributed by atoms with van der Waals surface area (Å²) >= 11 is 5.98. The summed E-state index contributed by atoms with van der Waals surface area (Å²) in [5.74, 6) is -0.366. The Kier molecular flexibility index (Phi) is 4.69. The van der Waals surface area contributed by atoms with Crippen molar-refractivity contribution in [2.45, 2.75) is 11.8 Å². The zero-order valence-corrected chi connectivity index (χ0v) is 12.7. The molecule has 0 aliphatic carbocycles. The molecule has 0 atom stereocenters. The summed E-state index contributed by atoms with van der Waals surface area (Å²) in [7, 11) is -4.01. The van der Waals surface area contributed by atoms with Crippen LogP contribution in [0, 0.1) is 5.82 Å². The van der Waals surface area contributed by atoms with Crippen molar-refractivity contribution in [3.8, 4) is 5.75 Å². The molecule has 0 aromatic heterocycles. The van der Waals surface area contributed by atoms with Gasteiger partial charge in [0.05, 0.1) is 17.3 Å². The highest BCUT2D eigenvalue weighted by atomic mass is 35.5. The van der Waals surface area contributed by atoms with Crippen molar-refractivity contribution < 1.29 is 17.5 Å². The fourth-order valence-corrected chi connectivity index (χ4v) is 3.07. The quantitative estimate of drug-likeness (QED) is 0.910. The lowest BCUT2D eigenvalue weighted by molar-refractivity contribution is 0.340. The average molecular weight is 330 g/mol. The molecule has 2 aromatic rings. The van der Waals surface area contributed by atoms with Gasteiger partial charge in [-0.05, 0) is 37.3 Å². The zero-order valence-electron chi connectivity index (χ0n) is 11.1. The molecule has 0 unspecified atom stereocenters. The van der Waals surface area contributed by atoms with Gasteiger partial charge in [-0.2, -0.15) is 0 Å². The predicted octanol–water partition coefficient (Wildman–Crippen LogP) is 3.68. The highest BCUT2D eigenvalue weighted by Crippen LogP contribution is 2.29. The Morgan fingerprint density at radius 2 is 1.95 bits per heavy atom. The van der Waals surface area contributed by atoms with E-state index in [1.54, 1.807) is 6.07 Å². The molecule has 4 nitrogen and oxygen atoms in total. The highest BCUT2D eigenvalue weighted by molar-refractivity contribution is 7.92. The number of halogens is 2. The number of rotatable bonds is 5. The molecule has 0 amide bonds. The van der Waals surface area contributed by atoms with E-state index in [9.17, 15) is 12.8 Å². The first-order chi connectivity index (χ1) is 9.94. The van der Waals surface area contributed by atoms with Crippen LogP contribution in [-0.2, 0) is 10.0 Å². The summed E-state index contributed by atoms with van der Waals surface area (Å²) in [4.78, 5) is -0.421. The van der Waals surface area contributed by atoms with Crippen molar-refractivity contribution in [3.05, 3.63) is 53.3 Å². The minimum Gasteiger partial charge on any atom is -0.492 e. The number of anilines is 1. The standard InChI is InChI=1S/C14H13ClFNO3S/c1-2-20-13-8-7-10(9-11(13)15)17-21(18,19)14-6-4-3-5-12(14)16/h3-9,17H,2H2,1H3. The maximum Gasteiger partial charge on any atom is 0.264 e. The Morgan fingerprint density at radius 1 is 1.24 bits per heavy atom. The van der Waals surface area contributed by atoms with E-state index < -0.39 is 20.7 Å². The van der Waals surface area contributed by atoms with Gasteiger partial charge in [0.25, 0.3) is 10.0 Å². The van der Waals surface area contributed by atoms with Crippen LogP contribution in [0.3, 0.4) is 0 Å². The molecule has 0 aliphatic rings. The van der Waals surface area contributed by atoms with E-state index in [1.165, 1.54) is 30.3 Å². The molecule has 0 bridgehead atoms. The summed E-state index contributed by atoms with van der Waals surface area (Å²) in [5, 5.41) is 0.269. The summed E-state index contributed by atoms with van der Waals surface area (Å²) < 4.78 is 45.3. The van der Waals surface area contributed by atoms with Crippen LogP contribution in [0.15, 0.2) is 47.4 Å². The SMILES string of the molecule is CCOc1ccc(NS(=O)(=O)c2ccccc2F)cc1Cl. The van der Waals surface area contributed by atoms with Gasteiger partial charge in [-0.15, -0.1) is 0 Å². The topological polar surface area (TPSA) is 55.4 Å². The molecule has 0 aliphatic heterocycles. The molecular formula is C14H13ClFNO3S. The summed E-state index contributed by atoms with van der Waals surface area (Å²) in [5.41, 5.74) is 0.228. The normalized spacial score (nSPS) is 11.2. The number of sulfonamides is 1. The van der Waals surface area contributed by atoms with Gasteiger partial charge in [0, 0.05) is 0 Å². The lowest BCUT2D eigenvalue weighted by Gasteiger charge is -2.11. The maximum absolute atomic E-state index is 13.6. The van der Waals surface area contributed by atoms with Crippen LogP contribution in [-0.4, -0.2) is 15.0 Å². The molecule has 1 N–H and O–H groups in total. The number of ether oxygens (including phenoxy) is 1. The molecule has 21 heavy (non-hydrogen) atoms. The van der Waals surface area contributed by atoms with Crippen LogP contribution in [0.4, 0.5) is 10.1 Å². The van der Waals surface area contributed by atoms with Crippen LogP contribution in [0.5, 0.6) is 5.75 Å².